The van der Waals surface area contributed by atoms with Gasteiger partial charge in [-0.05, 0) is 144 Å². The van der Waals surface area contributed by atoms with Crippen LogP contribution in [-0.4, -0.2) is 0 Å². The number of hydrogen-bond donors (Lipinski definition) is 0. The highest BCUT2D eigenvalue weighted by atomic mass is 16.5. The van der Waals surface area contributed by atoms with Gasteiger partial charge in [0.05, 0.1) is 5.69 Å². The second-order valence-corrected chi connectivity index (χ2v) is 17.7. The molecule has 252 valence electrons. The minimum atomic E-state index is -0.0403. The van der Waals surface area contributed by atoms with Gasteiger partial charge in [0.2, 0.25) is 0 Å². The van der Waals surface area contributed by atoms with Gasteiger partial charge >= 0.3 is 0 Å². The molecule has 5 aromatic carbocycles. The summed E-state index contributed by atoms with van der Waals surface area (Å²) in [5.41, 5.74) is 12.1. The van der Waals surface area contributed by atoms with Crippen LogP contribution >= 0.6 is 0 Å². The van der Waals surface area contributed by atoms with E-state index in [0.717, 1.165) is 34.7 Å². The van der Waals surface area contributed by atoms with Gasteiger partial charge in [-0.2, -0.15) is 0 Å². The first-order chi connectivity index (χ1) is 24.2. The van der Waals surface area contributed by atoms with Crippen molar-refractivity contribution < 1.29 is 4.74 Å². The third-order valence-electron chi connectivity index (χ3n) is 13.9. The number of nitrogens with zero attached hydrogens (tertiary/aromatic N) is 1. The summed E-state index contributed by atoms with van der Waals surface area (Å²) in [6, 6.07) is 43.5. The molecule has 1 spiro atoms. The highest BCUT2D eigenvalue weighted by Crippen LogP contribution is 2.70. The molecule has 5 aliphatic carbocycles. The molecule has 11 rings (SSSR count). The van der Waals surface area contributed by atoms with Gasteiger partial charge in [-0.15, -0.1) is 0 Å². The molecule has 0 amide bonds. The second-order valence-electron chi connectivity index (χ2n) is 17.7. The molecule has 0 aromatic heterocycles. The van der Waals surface area contributed by atoms with Crippen LogP contribution in [0.2, 0.25) is 0 Å². The van der Waals surface area contributed by atoms with Crippen molar-refractivity contribution in [3.63, 3.8) is 0 Å². The Hall–Kier alpha value is -4.30. The molecule has 4 saturated carbocycles. The fraction of sp³-hybridized carbons (Fsp3) is 0.375. The molecular weight excluding hydrogens is 607 g/mol. The van der Waals surface area contributed by atoms with Crippen LogP contribution in [0, 0.1) is 23.7 Å². The number of hydrogen-bond acceptors (Lipinski definition) is 2. The number of anilines is 3. The first-order valence-electron chi connectivity index (χ1n) is 19.2. The van der Waals surface area contributed by atoms with Crippen LogP contribution in [0.3, 0.4) is 0 Å². The van der Waals surface area contributed by atoms with Crippen LogP contribution in [-0.2, 0) is 16.2 Å². The second kappa shape index (κ2) is 10.8. The van der Waals surface area contributed by atoms with E-state index in [2.05, 4.69) is 148 Å². The number of fused-ring (bicyclic) bond motifs is 3. The summed E-state index contributed by atoms with van der Waals surface area (Å²) in [7, 11) is 0. The van der Waals surface area contributed by atoms with Gasteiger partial charge < -0.3 is 9.64 Å². The van der Waals surface area contributed by atoms with Gasteiger partial charge in [0.1, 0.15) is 5.75 Å². The van der Waals surface area contributed by atoms with Gasteiger partial charge in [0, 0.05) is 27.9 Å². The van der Waals surface area contributed by atoms with Crippen molar-refractivity contribution in [2.75, 3.05) is 4.90 Å². The average molecular weight is 656 g/mol. The van der Waals surface area contributed by atoms with Crippen molar-refractivity contribution in [2.45, 2.75) is 88.9 Å². The lowest BCUT2D eigenvalue weighted by Gasteiger charge is -2.63. The Morgan fingerprint density at radius 3 is 1.84 bits per heavy atom. The molecule has 1 heterocycles. The Labute approximate surface area is 298 Å². The summed E-state index contributed by atoms with van der Waals surface area (Å²) in [5.74, 6) is 5.14. The Morgan fingerprint density at radius 1 is 0.520 bits per heavy atom. The molecule has 2 heteroatoms. The van der Waals surface area contributed by atoms with Crippen LogP contribution in [0.5, 0.6) is 11.5 Å². The summed E-state index contributed by atoms with van der Waals surface area (Å²) in [6.45, 7) is 9.72. The molecule has 5 aromatic rings. The lowest BCUT2D eigenvalue weighted by atomic mass is 9.41. The van der Waals surface area contributed by atoms with Crippen molar-refractivity contribution in [1.82, 2.24) is 0 Å². The fourth-order valence-electron chi connectivity index (χ4n) is 11.7. The van der Waals surface area contributed by atoms with E-state index >= 15 is 0 Å². The normalized spacial score (nSPS) is 27.6. The minimum Gasteiger partial charge on any atom is -0.455 e. The van der Waals surface area contributed by atoms with Gasteiger partial charge in [0.15, 0.2) is 5.75 Å². The zero-order valence-electron chi connectivity index (χ0n) is 30.1. The maximum atomic E-state index is 7.30. The number of ether oxygens (including phenoxy) is 1. The maximum Gasteiger partial charge on any atom is 0.155 e. The monoisotopic (exact) mass is 655 g/mol. The Bertz CT molecular complexity index is 2080. The van der Waals surface area contributed by atoms with E-state index in [9.17, 15) is 0 Å². The Kier molecular flexibility index (Phi) is 6.62. The van der Waals surface area contributed by atoms with Crippen LogP contribution in [0.4, 0.5) is 17.1 Å². The van der Waals surface area contributed by atoms with Crippen LogP contribution in [0.15, 0.2) is 115 Å². The Balaban J connectivity index is 1.28. The summed E-state index contributed by atoms with van der Waals surface area (Å²) >= 11 is 0. The zero-order valence-corrected chi connectivity index (χ0v) is 30.1. The molecule has 4 fully saturated rings. The predicted molar refractivity (Wildman–Crippen MR) is 206 cm³/mol. The SMILES string of the molecule is CC1(C)CCC(C)(C)c2cc(N(c3ccccc3)c3cc(-c4ccccc4)cc4c3Oc3ccccc3C43C4CC5CC(C4)CC3C5)ccc21. The van der Waals surface area contributed by atoms with E-state index in [0.29, 0.717) is 11.8 Å². The van der Waals surface area contributed by atoms with E-state index in [4.69, 9.17) is 4.74 Å². The van der Waals surface area contributed by atoms with E-state index in [-0.39, 0.29) is 16.2 Å². The van der Waals surface area contributed by atoms with Crippen molar-refractivity contribution in [1.29, 1.82) is 0 Å². The van der Waals surface area contributed by atoms with E-state index < -0.39 is 0 Å². The molecule has 0 radical (unpaired) electrons. The van der Waals surface area contributed by atoms with E-state index in [1.54, 1.807) is 0 Å². The largest absolute Gasteiger partial charge is 0.455 e. The smallest absolute Gasteiger partial charge is 0.155 e. The van der Waals surface area contributed by atoms with E-state index in [1.165, 1.54) is 84.0 Å². The molecule has 0 atom stereocenters. The quantitative estimate of drug-likeness (QED) is 0.191. The highest BCUT2D eigenvalue weighted by Gasteiger charge is 2.61. The molecular formula is C48H49NO. The molecule has 50 heavy (non-hydrogen) atoms. The molecule has 1 aliphatic heterocycles. The summed E-state index contributed by atoms with van der Waals surface area (Å²) in [4.78, 5) is 2.51. The van der Waals surface area contributed by atoms with Crippen LogP contribution < -0.4 is 9.64 Å². The molecule has 6 aliphatic rings. The fourth-order valence-corrected chi connectivity index (χ4v) is 11.7. The zero-order chi connectivity index (χ0) is 33.8. The number of rotatable bonds is 4. The van der Waals surface area contributed by atoms with Crippen molar-refractivity contribution in [3.8, 4) is 22.6 Å². The van der Waals surface area contributed by atoms with Gasteiger partial charge in [-0.3, -0.25) is 0 Å². The number of para-hydroxylation sites is 2. The van der Waals surface area contributed by atoms with Crippen molar-refractivity contribution >= 4 is 17.1 Å². The van der Waals surface area contributed by atoms with Crippen molar-refractivity contribution in [3.05, 3.63) is 138 Å². The third kappa shape index (κ3) is 4.39. The molecule has 0 saturated heterocycles. The van der Waals surface area contributed by atoms with E-state index in [1.807, 2.05) is 0 Å². The van der Waals surface area contributed by atoms with Crippen molar-refractivity contribution in [2.24, 2.45) is 23.7 Å². The van der Waals surface area contributed by atoms with Gasteiger partial charge in [-0.25, -0.2) is 0 Å². The highest BCUT2D eigenvalue weighted by molar-refractivity contribution is 5.87. The standard InChI is InChI=1S/C48H49NO/c1-46(2)21-22-47(3,4)41-30-38(19-20-39(41)46)49(37-15-9-6-10-16-37)43-29-34(33-13-7-5-8-14-33)28-42-45(43)50-44-18-12-11-17-40(44)48(42)35-24-31-23-32(26-35)27-36(48)25-31/h5-20,28-32,35-36H,21-27H2,1-4H3. The maximum absolute atomic E-state index is 7.30. The predicted octanol–water partition coefficient (Wildman–Crippen LogP) is 13.0. The van der Waals surface area contributed by atoms with Gasteiger partial charge in [0.25, 0.3) is 0 Å². The molecule has 0 unspecified atom stereocenters. The van der Waals surface area contributed by atoms with Gasteiger partial charge in [-0.1, -0.05) is 100 Å². The first-order valence-corrected chi connectivity index (χ1v) is 19.2. The average Bonchev–Trinajstić information content (AvgIpc) is 3.13. The third-order valence-corrected chi connectivity index (χ3v) is 13.9. The first kappa shape index (κ1) is 30.5. The molecule has 2 nitrogen and oxygen atoms in total. The molecule has 4 bridgehead atoms. The lowest BCUT2D eigenvalue weighted by Crippen LogP contribution is -2.57. The summed E-state index contributed by atoms with van der Waals surface area (Å²) in [5, 5.41) is 0. The Morgan fingerprint density at radius 2 is 1.14 bits per heavy atom. The lowest BCUT2D eigenvalue weighted by molar-refractivity contribution is -0.0451. The topological polar surface area (TPSA) is 12.5 Å². The molecule has 0 N–H and O–H groups in total. The van der Waals surface area contributed by atoms with Crippen LogP contribution in [0.1, 0.15) is 94.9 Å². The minimum absolute atomic E-state index is 0.0403. The number of benzene rings is 5. The summed E-state index contributed by atoms with van der Waals surface area (Å²) in [6.07, 6.45) is 9.19. The summed E-state index contributed by atoms with van der Waals surface area (Å²) < 4.78 is 7.30. The van der Waals surface area contributed by atoms with Crippen LogP contribution in [0.25, 0.3) is 11.1 Å².